The summed E-state index contributed by atoms with van der Waals surface area (Å²) in [5.74, 6) is 0. The topological polar surface area (TPSA) is 64.1 Å². The van der Waals surface area contributed by atoms with Crippen LogP contribution in [0.3, 0.4) is 0 Å². The summed E-state index contributed by atoms with van der Waals surface area (Å²) in [4.78, 5) is 0. The highest BCUT2D eigenvalue weighted by Gasteiger charge is 2.20. The highest BCUT2D eigenvalue weighted by atomic mass is 32.1. The highest BCUT2D eigenvalue weighted by molar-refractivity contribution is 7.81. The summed E-state index contributed by atoms with van der Waals surface area (Å²) in [6.07, 6.45) is 5.82. The van der Waals surface area contributed by atoms with Crippen LogP contribution in [0.4, 0.5) is 0 Å². The van der Waals surface area contributed by atoms with Crippen LogP contribution in [0.1, 0.15) is 46.0 Å². The first-order valence-electron chi connectivity index (χ1n) is 5.95. The maximum Gasteiger partial charge on any atom is 0.0727 e. The number of nitrogens with two attached hydrogens (primary N) is 2. The van der Waals surface area contributed by atoms with Crippen LogP contribution < -0.4 is 16.8 Å². The smallest absolute Gasteiger partial charge is 0.0727 e. The standard InChI is InChI=1S/C11H27N3S/c1-3-8-14-9-6-4-5-7-10(15)11(2,12)13/h10,14-15H,3-9,12-13H2,1-2H3. The quantitative estimate of drug-likeness (QED) is 0.277. The zero-order valence-electron chi connectivity index (χ0n) is 10.1. The van der Waals surface area contributed by atoms with Gasteiger partial charge in [-0.25, -0.2) is 0 Å². The molecule has 3 nitrogen and oxygen atoms in total. The van der Waals surface area contributed by atoms with E-state index in [-0.39, 0.29) is 5.25 Å². The van der Waals surface area contributed by atoms with E-state index in [1.165, 1.54) is 19.3 Å². The maximum atomic E-state index is 5.75. The number of rotatable bonds is 9. The van der Waals surface area contributed by atoms with Gasteiger partial charge in [-0.1, -0.05) is 19.8 Å². The van der Waals surface area contributed by atoms with Crippen molar-refractivity contribution in [1.29, 1.82) is 0 Å². The van der Waals surface area contributed by atoms with E-state index in [0.29, 0.717) is 0 Å². The molecular weight excluding hydrogens is 206 g/mol. The average Bonchev–Trinajstić information content (AvgIpc) is 2.14. The van der Waals surface area contributed by atoms with Gasteiger partial charge in [0.25, 0.3) is 0 Å². The van der Waals surface area contributed by atoms with E-state index in [4.69, 9.17) is 11.5 Å². The van der Waals surface area contributed by atoms with Gasteiger partial charge in [0.05, 0.1) is 5.66 Å². The Bertz CT molecular complexity index is 145. The average molecular weight is 233 g/mol. The number of unbranched alkanes of at least 4 members (excludes halogenated alkanes) is 2. The molecule has 0 aromatic heterocycles. The van der Waals surface area contributed by atoms with E-state index in [9.17, 15) is 0 Å². The largest absolute Gasteiger partial charge is 0.317 e. The SMILES string of the molecule is CCCNCCCCCC(S)C(C)(N)N. The molecule has 0 spiro atoms. The fourth-order valence-corrected chi connectivity index (χ4v) is 1.56. The summed E-state index contributed by atoms with van der Waals surface area (Å²) in [7, 11) is 0. The van der Waals surface area contributed by atoms with Gasteiger partial charge in [0, 0.05) is 5.25 Å². The third-order valence-corrected chi connectivity index (χ3v) is 3.29. The van der Waals surface area contributed by atoms with E-state index < -0.39 is 5.66 Å². The molecule has 1 atom stereocenters. The van der Waals surface area contributed by atoms with Crippen molar-refractivity contribution in [2.24, 2.45) is 11.5 Å². The predicted octanol–water partition coefficient (Wildman–Crippen LogP) is 1.48. The molecule has 0 saturated heterocycles. The normalized spacial score (nSPS) is 14.2. The van der Waals surface area contributed by atoms with E-state index in [0.717, 1.165) is 25.9 Å². The van der Waals surface area contributed by atoms with Gasteiger partial charge < -0.3 is 16.8 Å². The molecule has 0 heterocycles. The molecule has 0 bridgehead atoms. The molecule has 0 amide bonds. The van der Waals surface area contributed by atoms with Crippen LogP contribution in [0.15, 0.2) is 0 Å². The van der Waals surface area contributed by atoms with Gasteiger partial charge in [-0.05, 0) is 39.3 Å². The molecule has 15 heavy (non-hydrogen) atoms. The minimum absolute atomic E-state index is 0.0982. The first-order valence-corrected chi connectivity index (χ1v) is 6.46. The minimum Gasteiger partial charge on any atom is -0.317 e. The Morgan fingerprint density at radius 3 is 2.40 bits per heavy atom. The van der Waals surface area contributed by atoms with Crippen LogP contribution >= 0.6 is 12.6 Å². The molecule has 0 aliphatic carbocycles. The molecule has 0 aliphatic rings. The summed E-state index contributed by atoms with van der Waals surface area (Å²) in [6, 6.07) is 0. The monoisotopic (exact) mass is 233 g/mol. The fourth-order valence-electron chi connectivity index (χ4n) is 1.38. The molecule has 1 unspecified atom stereocenters. The Kier molecular flexibility index (Phi) is 8.52. The Morgan fingerprint density at radius 1 is 1.20 bits per heavy atom. The summed E-state index contributed by atoms with van der Waals surface area (Å²) in [5, 5.41) is 3.48. The zero-order chi connectivity index (χ0) is 11.7. The van der Waals surface area contributed by atoms with Crippen molar-refractivity contribution in [1.82, 2.24) is 5.32 Å². The molecule has 5 N–H and O–H groups in total. The lowest BCUT2D eigenvalue weighted by Gasteiger charge is -2.26. The summed E-state index contributed by atoms with van der Waals surface area (Å²) < 4.78 is 0. The lowest BCUT2D eigenvalue weighted by Crippen LogP contribution is -2.53. The summed E-state index contributed by atoms with van der Waals surface area (Å²) in [5.41, 5.74) is 10.8. The number of hydrogen-bond acceptors (Lipinski definition) is 4. The van der Waals surface area contributed by atoms with Crippen LogP contribution in [0, 0.1) is 0 Å². The van der Waals surface area contributed by atoms with Gasteiger partial charge >= 0.3 is 0 Å². The third-order valence-electron chi connectivity index (χ3n) is 2.48. The number of hydrogen-bond donors (Lipinski definition) is 4. The van der Waals surface area contributed by atoms with Crippen molar-refractivity contribution in [3.05, 3.63) is 0 Å². The third kappa shape index (κ3) is 9.18. The van der Waals surface area contributed by atoms with E-state index in [1.807, 2.05) is 6.92 Å². The van der Waals surface area contributed by atoms with Crippen LogP contribution in [-0.4, -0.2) is 24.0 Å². The van der Waals surface area contributed by atoms with Crippen LogP contribution in [0.25, 0.3) is 0 Å². The van der Waals surface area contributed by atoms with E-state index in [2.05, 4.69) is 24.9 Å². The van der Waals surface area contributed by atoms with Gasteiger partial charge in [0.15, 0.2) is 0 Å². The Hall–Kier alpha value is 0.230. The molecule has 0 rings (SSSR count). The minimum atomic E-state index is -0.649. The van der Waals surface area contributed by atoms with Crippen molar-refractivity contribution >= 4 is 12.6 Å². The molecule has 4 heteroatoms. The van der Waals surface area contributed by atoms with Crippen molar-refractivity contribution in [2.75, 3.05) is 13.1 Å². The molecule has 0 aliphatic heterocycles. The maximum absolute atomic E-state index is 5.75. The molecule has 0 fully saturated rings. The molecular formula is C11H27N3S. The van der Waals surface area contributed by atoms with Gasteiger partial charge in [0.2, 0.25) is 0 Å². The highest BCUT2D eigenvalue weighted by Crippen LogP contribution is 2.14. The van der Waals surface area contributed by atoms with Gasteiger partial charge in [-0.15, -0.1) is 0 Å². The lowest BCUT2D eigenvalue weighted by molar-refractivity contribution is 0.437. The van der Waals surface area contributed by atoms with E-state index >= 15 is 0 Å². The second-order valence-electron chi connectivity index (χ2n) is 4.48. The lowest BCUT2D eigenvalue weighted by atomic mass is 10.0. The van der Waals surface area contributed by atoms with Crippen molar-refractivity contribution in [2.45, 2.75) is 56.9 Å². The second kappa shape index (κ2) is 8.39. The fraction of sp³-hybridized carbons (Fsp3) is 1.00. The first kappa shape index (κ1) is 15.2. The first-order chi connectivity index (χ1) is 6.98. The molecule has 0 radical (unpaired) electrons. The predicted molar refractivity (Wildman–Crippen MR) is 71.2 cm³/mol. The van der Waals surface area contributed by atoms with Crippen LogP contribution in [0.2, 0.25) is 0 Å². The second-order valence-corrected chi connectivity index (χ2v) is 5.10. The Labute approximate surface area is 99.8 Å². The zero-order valence-corrected chi connectivity index (χ0v) is 11.0. The molecule has 0 aromatic rings. The summed E-state index contributed by atoms with van der Waals surface area (Å²) >= 11 is 4.40. The number of thiol groups is 1. The van der Waals surface area contributed by atoms with Gasteiger partial charge in [0.1, 0.15) is 0 Å². The van der Waals surface area contributed by atoms with Gasteiger partial charge in [-0.2, -0.15) is 12.6 Å². The van der Waals surface area contributed by atoms with Crippen LogP contribution in [-0.2, 0) is 0 Å². The molecule has 0 saturated carbocycles. The number of nitrogens with one attached hydrogen (secondary N) is 1. The van der Waals surface area contributed by atoms with Crippen LogP contribution in [0.5, 0.6) is 0 Å². The van der Waals surface area contributed by atoms with Gasteiger partial charge in [-0.3, -0.25) is 0 Å². The Morgan fingerprint density at radius 2 is 1.87 bits per heavy atom. The summed E-state index contributed by atoms with van der Waals surface area (Å²) in [6.45, 7) is 6.25. The Balaban J connectivity index is 3.24. The van der Waals surface area contributed by atoms with Crippen molar-refractivity contribution < 1.29 is 0 Å². The van der Waals surface area contributed by atoms with E-state index in [1.54, 1.807) is 0 Å². The molecule has 92 valence electrons. The van der Waals surface area contributed by atoms with Crippen molar-refractivity contribution in [3.8, 4) is 0 Å². The van der Waals surface area contributed by atoms with Crippen molar-refractivity contribution in [3.63, 3.8) is 0 Å². The molecule has 0 aromatic carbocycles.